The quantitative estimate of drug-likeness (QED) is 0.858. The van der Waals surface area contributed by atoms with Gasteiger partial charge in [0.2, 0.25) is 5.91 Å². The first-order chi connectivity index (χ1) is 8.52. The van der Waals surface area contributed by atoms with Crippen molar-refractivity contribution in [2.75, 3.05) is 19.0 Å². The number of rotatable bonds is 4. The SMILES string of the molecule is COc1c(C)cc(C)cc1NC(=O)C1(CO)CC1. The number of amides is 1. The second-order valence-electron chi connectivity index (χ2n) is 5.06. The van der Waals surface area contributed by atoms with Crippen molar-refractivity contribution in [1.29, 1.82) is 0 Å². The van der Waals surface area contributed by atoms with Gasteiger partial charge in [-0.15, -0.1) is 0 Å². The zero-order chi connectivity index (χ0) is 13.3. The van der Waals surface area contributed by atoms with E-state index in [1.54, 1.807) is 7.11 Å². The fraction of sp³-hybridized carbons (Fsp3) is 0.500. The van der Waals surface area contributed by atoms with Gasteiger partial charge in [-0.2, -0.15) is 0 Å². The molecule has 0 atom stereocenters. The second-order valence-corrected chi connectivity index (χ2v) is 5.06. The van der Waals surface area contributed by atoms with Crippen molar-refractivity contribution < 1.29 is 14.6 Å². The van der Waals surface area contributed by atoms with E-state index in [-0.39, 0.29) is 12.5 Å². The lowest BCUT2D eigenvalue weighted by molar-refractivity contribution is -0.122. The van der Waals surface area contributed by atoms with Crippen LogP contribution in [0, 0.1) is 19.3 Å². The van der Waals surface area contributed by atoms with Crippen LogP contribution in [-0.2, 0) is 4.79 Å². The van der Waals surface area contributed by atoms with Crippen LogP contribution in [-0.4, -0.2) is 24.7 Å². The largest absolute Gasteiger partial charge is 0.494 e. The number of carbonyl (C=O) groups excluding carboxylic acids is 1. The standard InChI is InChI=1S/C14H19NO3/c1-9-6-10(2)12(18-3)11(7-9)15-13(17)14(8-16)4-5-14/h6-7,16H,4-5,8H2,1-3H3,(H,15,17). The third-order valence-corrected chi connectivity index (χ3v) is 3.51. The van der Waals surface area contributed by atoms with Crippen molar-refractivity contribution in [2.24, 2.45) is 5.41 Å². The van der Waals surface area contributed by atoms with Crippen molar-refractivity contribution in [3.8, 4) is 5.75 Å². The van der Waals surface area contributed by atoms with Crippen LogP contribution in [0.5, 0.6) is 5.75 Å². The Morgan fingerprint density at radius 1 is 1.44 bits per heavy atom. The van der Waals surface area contributed by atoms with E-state index in [0.29, 0.717) is 11.4 Å². The minimum absolute atomic E-state index is 0.0913. The van der Waals surface area contributed by atoms with Crippen molar-refractivity contribution in [2.45, 2.75) is 26.7 Å². The van der Waals surface area contributed by atoms with Gasteiger partial charge in [-0.05, 0) is 43.9 Å². The van der Waals surface area contributed by atoms with Gasteiger partial charge in [-0.25, -0.2) is 0 Å². The van der Waals surface area contributed by atoms with Gasteiger partial charge in [0, 0.05) is 0 Å². The smallest absolute Gasteiger partial charge is 0.233 e. The fourth-order valence-corrected chi connectivity index (χ4v) is 2.18. The molecule has 0 radical (unpaired) electrons. The van der Waals surface area contributed by atoms with E-state index in [1.807, 2.05) is 26.0 Å². The lowest BCUT2D eigenvalue weighted by Gasteiger charge is -2.16. The lowest BCUT2D eigenvalue weighted by atomic mass is 10.1. The number of hydrogen-bond donors (Lipinski definition) is 2. The lowest BCUT2D eigenvalue weighted by Crippen LogP contribution is -2.27. The Kier molecular flexibility index (Phi) is 3.30. The summed E-state index contributed by atoms with van der Waals surface area (Å²) in [5, 5.41) is 12.1. The van der Waals surface area contributed by atoms with Gasteiger partial charge in [0.15, 0.2) is 0 Å². The molecule has 0 heterocycles. The van der Waals surface area contributed by atoms with Crippen molar-refractivity contribution in [1.82, 2.24) is 0 Å². The minimum atomic E-state index is -0.567. The van der Waals surface area contributed by atoms with Crippen LogP contribution < -0.4 is 10.1 Å². The monoisotopic (exact) mass is 249 g/mol. The summed E-state index contributed by atoms with van der Waals surface area (Å²) in [5.74, 6) is 0.566. The number of benzene rings is 1. The molecular formula is C14H19NO3. The van der Waals surface area contributed by atoms with Gasteiger partial charge in [0.1, 0.15) is 5.75 Å². The van der Waals surface area contributed by atoms with E-state index in [4.69, 9.17) is 4.74 Å². The van der Waals surface area contributed by atoms with Gasteiger partial charge in [0.05, 0.1) is 24.8 Å². The minimum Gasteiger partial charge on any atom is -0.494 e. The molecule has 0 aromatic heterocycles. The Balaban J connectivity index is 2.26. The number of hydrogen-bond acceptors (Lipinski definition) is 3. The van der Waals surface area contributed by atoms with E-state index >= 15 is 0 Å². The molecule has 1 saturated carbocycles. The predicted octanol–water partition coefficient (Wildman–Crippen LogP) is 2.02. The van der Waals surface area contributed by atoms with Gasteiger partial charge in [-0.3, -0.25) is 4.79 Å². The highest BCUT2D eigenvalue weighted by molar-refractivity contribution is 5.98. The molecule has 1 aromatic rings. The summed E-state index contributed by atoms with van der Waals surface area (Å²) in [6.07, 6.45) is 1.50. The third kappa shape index (κ3) is 2.20. The molecule has 1 aliphatic rings. The number of methoxy groups -OCH3 is 1. The Morgan fingerprint density at radius 3 is 2.61 bits per heavy atom. The Labute approximate surface area is 107 Å². The van der Waals surface area contributed by atoms with Crippen LogP contribution >= 0.6 is 0 Å². The highest BCUT2D eigenvalue weighted by Gasteiger charge is 2.49. The number of nitrogens with one attached hydrogen (secondary N) is 1. The van der Waals surface area contributed by atoms with Crippen LogP contribution in [0.3, 0.4) is 0 Å². The predicted molar refractivity (Wildman–Crippen MR) is 69.9 cm³/mol. The van der Waals surface area contributed by atoms with Crippen LogP contribution in [0.4, 0.5) is 5.69 Å². The first-order valence-corrected chi connectivity index (χ1v) is 6.10. The molecule has 1 aromatic carbocycles. The Bertz CT molecular complexity index is 478. The van der Waals surface area contributed by atoms with Crippen molar-refractivity contribution in [3.63, 3.8) is 0 Å². The summed E-state index contributed by atoms with van der Waals surface area (Å²) < 4.78 is 5.32. The number of anilines is 1. The molecule has 4 heteroatoms. The average molecular weight is 249 g/mol. The van der Waals surface area contributed by atoms with E-state index in [0.717, 1.165) is 24.0 Å². The highest BCUT2D eigenvalue weighted by atomic mass is 16.5. The number of aliphatic hydroxyl groups is 1. The van der Waals surface area contributed by atoms with E-state index in [1.165, 1.54) is 0 Å². The molecule has 0 saturated heterocycles. The fourth-order valence-electron chi connectivity index (χ4n) is 2.18. The van der Waals surface area contributed by atoms with E-state index < -0.39 is 5.41 Å². The first-order valence-electron chi connectivity index (χ1n) is 6.10. The zero-order valence-corrected chi connectivity index (χ0v) is 11.0. The topological polar surface area (TPSA) is 58.6 Å². The van der Waals surface area contributed by atoms with Crippen molar-refractivity contribution >= 4 is 11.6 Å². The molecule has 0 unspecified atom stereocenters. The van der Waals surface area contributed by atoms with Crippen LogP contribution in [0.1, 0.15) is 24.0 Å². The van der Waals surface area contributed by atoms with Crippen LogP contribution in [0.2, 0.25) is 0 Å². The first kappa shape index (κ1) is 12.9. The number of aryl methyl sites for hydroxylation is 2. The van der Waals surface area contributed by atoms with Crippen molar-refractivity contribution in [3.05, 3.63) is 23.3 Å². The van der Waals surface area contributed by atoms with Crippen LogP contribution in [0.15, 0.2) is 12.1 Å². The van der Waals surface area contributed by atoms with Crippen LogP contribution in [0.25, 0.3) is 0 Å². The molecule has 0 spiro atoms. The van der Waals surface area contributed by atoms with Gasteiger partial charge in [0.25, 0.3) is 0 Å². The molecule has 2 N–H and O–H groups in total. The van der Waals surface area contributed by atoms with E-state index in [2.05, 4.69) is 5.32 Å². The molecule has 18 heavy (non-hydrogen) atoms. The molecule has 4 nitrogen and oxygen atoms in total. The molecular weight excluding hydrogens is 230 g/mol. The highest BCUT2D eigenvalue weighted by Crippen LogP contribution is 2.46. The van der Waals surface area contributed by atoms with Gasteiger partial charge < -0.3 is 15.2 Å². The van der Waals surface area contributed by atoms with E-state index in [9.17, 15) is 9.90 Å². The van der Waals surface area contributed by atoms with Gasteiger partial charge in [-0.1, -0.05) is 6.07 Å². The Morgan fingerprint density at radius 2 is 2.11 bits per heavy atom. The maximum atomic E-state index is 12.1. The average Bonchev–Trinajstić information content (AvgIpc) is 3.09. The maximum Gasteiger partial charge on any atom is 0.233 e. The summed E-state index contributed by atoms with van der Waals surface area (Å²) in [4.78, 5) is 12.1. The van der Waals surface area contributed by atoms with Gasteiger partial charge >= 0.3 is 0 Å². The molecule has 98 valence electrons. The molecule has 0 aliphatic heterocycles. The summed E-state index contributed by atoms with van der Waals surface area (Å²) >= 11 is 0. The zero-order valence-electron chi connectivity index (χ0n) is 11.0. The third-order valence-electron chi connectivity index (χ3n) is 3.51. The molecule has 0 bridgehead atoms. The maximum absolute atomic E-state index is 12.1. The summed E-state index contributed by atoms with van der Waals surface area (Å²) in [5.41, 5.74) is 2.17. The second kappa shape index (κ2) is 4.61. The summed E-state index contributed by atoms with van der Waals surface area (Å²) in [6.45, 7) is 3.83. The summed E-state index contributed by atoms with van der Waals surface area (Å²) in [7, 11) is 1.59. The molecule has 2 rings (SSSR count). The summed E-state index contributed by atoms with van der Waals surface area (Å²) in [6, 6.07) is 3.89. The molecule has 1 aliphatic carbocycles. The molecule has 1 amide bonds. The number of carbonyl (C=O) groups is 1. The number of ether oxygens (including phenoxy) is 1. The Hall–Kier alpha value is -1.55. The normalized spacial score (nSPS) is 16.2. The number of aliphatic hydroxyl groups excluding tert-OH is 1. The molecule has 1 fully saturated rings.